The number of halogens is 3. The maximum atomic E-state index is 12.8. The van der Waals surface area contributed by atoms with Crippen LogP contribution in [0.1, 0.15) is 49.7 Å². The van der Waals surface area contributed by atoms with E-state index >= 15 is 0 Å². The van der Waals surface area contributed by atoms with Crippen LogP contribution in [0.5, 0.6) is 0 Å². The molecule has 0 bridgehead atoms. The van der Waals surface area contributed by atoms with Gasteiger partial charge in [0.1, 0.15) is 5.01 Å². The summed E-state index contributed by atoms with van der Waals surface area (Å²) in [5.41, 5.74) is -0.654. The molecule has 0 aromatic carbocycles. The van der Waals surface area contributed by atoms with Crippen molar-refractivity contribution in [2.75, 3.05) is 45.9 Å². The average Bonchev–Trinajstić information content (AvgIpc) is 3.21. The molecule has 2 aliphatic rings. The number of thiazole rings is 1. The molecule has 1 saturated heterocycles. The number of rotatable bonds is 7. The van der Waals surface area contributed by atoms with Gasteiger partial charge >= 0.3 is 6.18 Å². The SMILES string of the molecule is CCNC(=NCc1nc(C(F)(F)F)cs1)NCC1(CN2CCOCC2)CCCCC1. The third-order valence-corrected chi connectivity index (χ3v) is 6.60. The first-order valence-electron chi connectivity index (χ1n) is 10.7. The molecule has 0 amide bonds. The number of guanidine groups is 1. The number of aliphatic imine (C=N–C) groups is 1. The summed E-state index contributed by atoms with van der Waals surface area (Å²) in [5.74, 6) is 0.633. The van der Waals surface area contributed by atoms with Crippen molar-refractivity contribution in [1.29, 1.82) is 0 Å². The Morgan fingerprint density at radius 1 is 1.23 bits per heavy atom. The maximum Gasteiger partial charge on any atom is 0.434 e. The second-order valence-corrected chi connectivity index (χ2v) is 9.06. The van der Waals surface area contributed by atoms with Crippen LogP contribution >= 0.6 is 11.3 Å². The first-order valence-corrected chi connectivity index (χ1v) is 11.6. The van der Waals surface area contributed by atoms with Gasteiger partial charge in [-0.25, -0.2) is 9.98 Å². The largest absolute Gasteiger partial charge is 0.434 e. The van der Waals surface area contributed by atoms with Gasteiger partial charge in [-0.1, -0.05) is 19.3 Å². The van der Waals surface area contributed by atoms with E-state index in [9.17, 15) is 13.2 Å². The summed E-state index contributed by atoms with van der Waals surface area (Å²) in [6.45, 7) is 8.19. The van der Waals surface area contributed by atoms with E-state index < -0.39 is 11.9 Å². The Morgan fingerprint density at radius 3 is 2.60 bits per heavy atom. The molecule has 170 valence electrons. The van der Waals surface area contributed by atoms with Crippen LogP contribution in [0.25, 0.3) is 0 Å². The Morgan fingerprint density at radius 2 is 1.97 bits per heavy atom. The Hall–Kier alpha value is -1.39. The molecule has 0 atom stereocenters. The van der Waals surface area contributed by atoms with Crippen molar-refractivity contribution in [2.24, 2.45) is 10.4 Å². The van der Waals surface area contributed by atoms with Crippen LogP contribution in [0, 0.1) is 5.41 Å². The first-order chi connectivity index (χ1) is 14.4. The molecule has 1 saturated carbocycles. The highest BCUT2D eigenvalue weighted by Crippen LogP contribution is 2.37. The van der Waals surface area contributed by atoms with Crippen LogP contribution in [0.4, 0.5) is 13.2 Å². The minimum Gasteiger partial charge on any atom is -0.379 e. The normalized spacial score (nSPS) is 20.9. The summed E-state index contributed by atoms with van der Waals surface area (Å²) < 4.78 is 43.7. The number of alkyl halides is 3. The van der Waals surface area contributed by atoms with Crippen LogP contribution in [-0.2, 0) is 17.5 Å². The molecule has 0 spiro atoms. The van der Waals surface area contributed by atoms with Crippen LogP contribution in [0.15, 0.2) is 10.4 Å². The van der Waals surface area contributed by atoms with E-state index in [0.717, 1.165) is 56.1 Å². The van der Waals surface area contributed by atoms with Gasteiger partial charge < -0.3 is 15.4 Å². The standard InChI is InChI=1S/C20H32F3N5OS/c1-2-24-18(25-12-17-27-16(13-30-17)20(21,22)23)26-14-19(6-4-3-5-7-19)15-28-8-10-29-11-9-28/h13H,2-12,14-15H2,1H3,(H2,24,25,26). The molecule has 1 aromatic heterocycles. The lowest BCUT2D eigenvalue weighted by atomic mass is 9.73. The number of nitrogens with zero attached hydrogens (tertiary/aromatic N) is 3. The molecule has 30 heavy (non-hydrogen) atoms. The van der Waals surface area contributed by atoms with E-state index in [2.05, 4.69) is 25.5 Å². The monoisotopic (exact) mass is 447 g/mol. The third kappa shape index (κ3) is 6.81. The topological polar surface area (TPSA) is 61.8 Å². The zero-order chi connectivity index (χ0) is 21.5. The van der Waals surface area contributed by atoms with Gasteiger partial charge in [-0.3, -0.25) is 4.90 Å². The van der Waals surface area contributed by atoms with Crippen LogP contribution in [-0.4, -0.2) is 61.8 Å². The molecule has 3 rings (SSSR count). The van der Waals surface area contributed by atoms with Crippen molar-refractivity contribution >= 4 is 17.3 Å². The summed E-state index contributed by atoms with van der Waals surface area (Å²) in [5, 5.41) is 8.08. The van der Waals surface area contributed by atoms with Crippen LogP contribution < -0.4 is 10.6 Å². The number of morpholine rings is 1. The molecule has 2 heterocycles. The van der Waals surface area contributed by atoms with Gasteiger partial charge in [0.2, 0.25) is 0 Å². The summed E-state index contributed by atoms with van der Waals surface area (Å²) >= 11 is 0.993. The Bertz CT molecular complexity index is 682. The van der Waals surface area contributed by atoms with Gasteiger partial charge in [0.15, 0.2) is 11.7 Å². The van der Waals surface area contributed by atoms with Crippen LogP contribution in [0.2, 0.25) is 0 Å². The van der Waals surface area contributed by atoms with E-state index in [1.807, 2.05) is 6.92 Å². The number of nitrogens with one attached hydrogen (secondary N) is 2. The van der Waals surface area contributed by atoms with Crippen LogP contribution in [0.3, 0.4) is 0 Å². The third-order valence-electron chi connectivity index (χ3n) is 5.77. The quantitative estimate of drug-likeness (QED) is 0.495. The van der Waals surface area contributed by atoms with E-state index in [1.165, 1.54) is 32.1 Å². The van der Waals surface area contributed by atoms with E-state index in [0.29, 0.717) is 17.5 Å². The van der Waals surface area contributed by atoms with Gasteiger partial charge in [-0.2, -0.15) is 13.2 Å². The van der Waals surface area contributed by atoms with Crippen molar-refractivity contribution in [2.45, 2.75) is 51.7 Å². The zero-order valence-corrected chi connectivity index (χ0v) is 18.4. The minimum atomic E-state index is -4.41. The molecular formula is C20H32F3N5OS. The zero-order valence-electron chi connectivity index (χ0n) is 17.6. The minimum absolute atomic E-state index is 0.131. The number of hydrogen-bond acceptors (Lipinski definition) is 5. The summed E-state index contributed by atoms with van der Waals surface area (Å²) in [7, 11) is 0. The molecular weight excluding hydrogens is 415 g/mol. The molecule has 0 unspecified atom stereocenters. The fourth-order valence-corrected chi connectivity index (χ4v) is 4.92. The molecule has 0 radical (unpaired) electrons. The molecule has 6 nitrogen and oxygen atoms in total. The Labute approximate surface area is 180 Å². The number of aromatic nitrogens is 1. The molecule has 2 fully saturated rings. The summed E-state index contributed by atoms with van der Waals surface area (Å²) in [6.07, 6.45) is 1.70. The smallest absolute Gasteiger partial charge is 0.379 e. The molecule has 1 aromatic rings. The second kappa shape index (κ2) is 10.8. The predicted molar refractivity (Wildman–Crippen MR) is 113 cm³/mol. The Balaban J connectivity index is 1.61. The van der Waals surface area contributed by atoms with Crippen molar-refractivity contribution < 1.29 is 17.9 Å². The Kier molecular flexibility index (Phi) is 8.35. The fraction of sp³-hybridized carbons (Fsp3) is 0.800. The molecule has 1 aliphatic carbocycles. The number of ether oxygens (including phenoxy) is 1. The van der Waals surface area contributed by atoms with Gasteiger partial charge in [-0.15, -0.1) is 11.3 Å². The first kappa shape index (κ1) is 23.3. The highest BCUT2D eigenvalue weighted by Gasteiger charge is 2.35. The lowest BCUT2D eigenvalue weighted by molar-refractivity contribution is -0.140. The van der Waals surface area contributed by atoms with Crippen molar-refractivity contribution in [1.82, 2.24) is 20.5 Å². The maximum absolute atomic E-state index is 12.8. The van der Waals surface area contributed by atoms with E-state index in [1.54, 1.807) is 0 Å². The van der Waals surface area contributed by atoms with Gasteiger partial charge in [0, 0.05) is 43.5 Å². The highest BCUT2D eigenvalue weighted by atomic mass is 32.1. The number of hydrogen-bond donors (Lipinski definition) is 2. The van der Waals surface area contributed by atoms with Crippen molar-refractivity contribution in [3.63, 3.8) is 0 Å². The van der Waals surface area contributed by atoms with E-state index in [-0.39, 0.29) is 12.0 Å². The molecule has 1 aliphatic heterocycles. The summed E-state index contributed by atoms with van der Waals surface area (Å²) in [4.78, 5) is 10.6. The van der Waals surface area contributed by atoms with Gasteiger partial charge in [0.25, 0.3) is 0 Å². The predicted octanol–water partition coefficient (Wildman–Crippen LogP) is 3.50. The lowest BCUT2D eigenvalue weighted by Crippen LogP contribution is -2.51. The fourth-order valence-electron chi connectivity index (χ4n) is 4.20. The highest BCUT2D eigenvalue weighted by molar-refractivity contribution is 7.09. The second-order valence-electron chi connectivity index (χ2n) is 8.12. The molecule has 10 heteroatoms. The van der Waals surface area contributed by atoms with Crippen molar-refractivity contribution in [3.8, 4) is 0 Å². The van der Waals surface area contributed by atoms with Gasteiger partial charge in [-0.05, 0) is 19.8 Å². The lowest BCUT2D eigenvalue weighted by Gasteiger charge is -2.42. The van der Waals surface area contributed by atoms with Gasteiger partial charge in [0.05, 0.1) is 19.8 Å². The van der Waals surface area contributed by atoms with Crippen molar-refractivity contribution in [3.05, 3.63) is 16.1 Å². The summed E-state index contributed by atoms with van der Waals surface area (Å²) in [6, 6.07) is 0. The van der Waals surface area contributed by atoms with E-state index in [4.69, 9.17) is 4.74 Å². The average molecular weight is 448 g/mol. The molecule has 2 N–H and O–H groups in total.